The van der Waals surface area contributed by atoms with Gasteiger partial charge in [0.15, 0.2) is 0 Å². The molecular formula is C13H25ClN2O. The van der Waals surface area contributed by atoms with Crippen LogP contribution in [0.5, 0.6) is 0 Å². The van der Waals surface area contributed by atoms with Crippen molar-refractivity contribution in [3.63, 3.8) is 0 Å². The van der Waals surface area contributed by atoms with Crippen LogP contribution in [0.2, 0.25) is 0 Å². The van der Waals surface area contributed by atoms with Crippen LogP contribution in [0.15, 0.2) is 0 Å². The second-order valence-electron chi connectivity index (χ2n) is 5.70. The summed E-state index contributed by atoms with van der Waals surface area (Å²) in [5.41, 5.74) is 5.59. The Hall–Kier alpha value is -0.280. The molecule has 2 unspecified atom stereocenters. The summed E-state index contributed by atoms with van der Waals surface area (Å²) in [6.45, 7) is 2.24. The minimum atomic E-state index is -0.558. The van der Waals surface area contributed by atoms with E-state index in [1.165, 1.54) is 19.3 Å². The SMILES string of the molecule is CC1CCCCC1NC(=O)C1(N)CCCC1.Cl. The number of hydrogen-bond donors (Lipinski definition) is 2. The van der Waals surface area contributed by atoms with Crippen LogP contribution < -0.4 is 11.1 Å². The quantitative estimate of drug-likeness (QED) is 0.801. The van der Waals surface area contributed by atoms with E-state index in [9.17, 15) is 4.79 Å². The molecule has 0 radical (unpaired) electrons. The molecule has 2 atom stereocenters. The number of carbonyl (C=O) groups is 1. The molecule has 17 heavy (non-hydrogen) atoms. The molecule has 2 saturated carbocycles. The summed E-state index contributed by atoms with van der Waals surface area (Å²) in [5.74, 6) is 0.714. The normalized spacial score (nSPS) is 31.6. The summed E-state index contributed by atoms with van der Waals surface area (Å²) < 4.78 is 0. The molecule has 100 valence electrons. The van der Waals surface area contributed by atoms with Gasteiger partial charge in [0, 0.05) is 6.04 Å². The van der Waals surface area contributed by atoms with Gasteiger partial charge < -0.3 is 11.1 Å². The minimum Gasteiger partial charge on any atom is -0.352 e. The zero-order valence-corrected chi connectivity index (χ0v) is 11.5. The highest BCUT2D eigenvalue weighted by Gasteiger charge is 2.38. The molecule has 2 rings (SSSR count). The number of nitrogens with one attached hydrogen (secondary N) is 1. The zero-order valence-electron chi connectivity index (χ0n) is 10.7. The topological polar surface area (TPSA) is 55.1 Å². The number of halogens is 1. The van der Waals surface area contributed by atoms with Gasteiger partial charge in [-0.1, -0.05) is 32.6 Å². The molecule has 3 N–H and O–H groups in total. The van der Waals surface area contributed by atoms with E-state index in [4.69, 9.17) is 5.73 Å². The lowest BCUT2D eigenvalue weighted by molar-refractivity contribution is -0.127. The first-order chi connectivity index (χ1) is 7.62. The standard InChI is InChI=1S/C13H24N2O.ClH/c1-10-6-2-3-7-11(10)15-12(16)13(14)8-4-5-9-13;/h10-11H,2-9,14H2,1H3,(H,15,16);1H. The van der Waals surface area contributed by atoms with E-state index in [2.05, 4.69) is 12.2 Å². The highest BCUT2D eigenvalue weighted by atomic mass is 35.5. The van der Waals surface area contributed by atoms with Crippen molar-refractivity contribution in [2.45, 2.75) is 69.9 Å². The van der Waals surface area contributed by atoms with Crippen molar-refractivity contribution in [1.82, 2.24) is 5.32 Å². The maximum Gasteiger partial charge on any atom is 0.240 e. The summed E-state index contributed by atoms with van der Waals surface area (Å²) in [4.78, 5) is 12.1. The van der Waals surface area contributed by atoms with Crippen molar-refractivity contribution < 1.29 is 4.79 Å². The molecule has 0 saturated heterocycles. The van der Waals surface area contributed by atoms with Crippen LogP contribution in [-0.2, 0) is 4.79 Å². The van der Waals surface area contributed by atoms with E-state index in [1.807, 2.05) is 0 Å². The van der Waals surface area contributed by atoms with Crippen molar-refractivity contribution in [3.05, 3.63) is 0 Å². The molecule has 1 amide bonds. The molecule has 0 aliphatic heterocycles. The maximum absolute atomic E-state index is 12.1. The molecule has 2 fully saturated rings. The number of carbonyl (C=O) groups excluding carboxylic acids is 1. The maximum atomic E-state index is 12.1. The monoisotopic (exact) mass is 260 g/mol. The molecule has 0 bridgehead atoms. The Bertz CT molecular complexity index is 264. The van der Waals surface area contributed by atoms with Gasteiger partial charge in [-0.2, -0.15) is 0 Å². The average Bonchev–Trinajstić information content (AvgIpc) is 2.70. The van der Waals surface area contributed by atoms with Crippen molar-refractivity contribution in [3.8, 4) is 0 Å². The first-order valence-corrected chi connectivity index (χ1v) is 6.72. The van der Waals surface area contributed by atoms with Crippen LogP contribution in [0.25, 0.3) is 0 Å². The Kier molecular flexibility index (Phi) is 5.26. The number of rotatable bonds is 2. The third-order valence-corrected chi connectivity index (χ3v) is 4.38. The van der Waals surface area contributed by atoms with Gasteiger partial charge in [-0.05, 0) is 31.6 Å². The summed E-state index contributed by atoms with van der Waals surface area (Å²) in [7, 11) is 0. The zero-order chi connectivity index (χ0) is 11.6. The molecule has 2 aliphatic rings. The molecule has 3 nitrogen and oxygen atoms in total. The second-order valence-corrected chi connectivity index (χ2v) is 5.70. The lowest BCUT2D eigenvalue weighted by Gasteiger charge is -2.32. The Morgan fingerprint density at radius 1 is 1.18 bits per heavy atom. The third kappa shape index (κ3) is 3.35. The Balaban J connectivity index is 0.00000144. The van der Waals surface area contributed by atoms with Crippen LogP contribution in [0.3, 0.4) is 0 Å². The van der Waals surface area contributed by atoms with Gasteiger partial charge >= 0.3 is 0 Å². The predicted octanol–water partition coefficient (Wildman–Crippen LogP) is 2.37. The van der Waals surface area contributed by atoms with Gasteiger partial charge in [0.05, 0.1) is 5.54 Å². The number of amides is 1. The summed E-state index contributed by atoms with van der Waals surface area (Å²) in [6, 6.07) is 0.363. The molecule has 4 heteroatoms. The molecule has 0 spiro atoms. The van der Waals surface area contributed by atoms with Gasteiger partial charge in [0.2, 0.25) is 5.91 Å². The van der Waals surface area contributed by atoms with Gasteiger partial charge in [0.1, 0.15) is 0 Å². The van der Waals surface area contributed by atoms with Crippen LogP contribution in [0.1, 0.15) is 58.3 Å². The van der Waals surface area contributed by atoms with E-state index in [-0.39, 0.29) is 18.3 Å². The van der Waals surface area contributed by atoms with Crippen LogP contribution in [-0.4, -0.2) is 17.5 Å². The highest BCUT2D eigenvalue weighted by Crippen LogP contribution is 2.29. The third-order valence-electron chi connectivity index (χ3n) is 4.38. The van der Waals surface area contributed by atoms with Crippen molar-refractivity contribution >= 4 is 18.3 Å². The van der Waals surface area contributed by atoms with E-state index in [0.717, 1.165) is 32.1 Å². The highest BCUT2D eigenvalue weighted by molar-refractivity contribution is 5.86. The number of hydrogen-bond acceptors (Lipinski definition) is 2. The van der Waals surface area contributed by atoms with Crippen molar-refractivity contribution in [2.24, 2.45) is 11.7 Å². The van der Waals surface area contributed by atoms with E-state index >= 15 is 0 Å². The van der Waals surface area contributed by atoms with Gasteiger partial charge in [-0.15, -0.1) is 12.4 Å². The molecule has 2 aliphatic carbocycles. The Morgan fingerprint density at radius 2 is 1.76 bits per heavy atom. The fraction of sp³-hybridized carbons (Fsp3) is 0.923. The van der Waals surface area contributed by atoms with Crippen molar-refractivity contribution in [1.29, 1.82) is 0 Å². The summed E-state index contributed by atoms with van der Waals surface area (Å²) in [5, 5.41) is 3.19. The molecule has 0 heterocycles. The molecule has 0 aromatic heterocycles. The first-order valence-electron chi connectivity index (χ1n) is 6.72. The minimum absolute atomic E-state index is 0. The Labute approximate surface area is 110 Å². The average molecular weight is 261 g/mol. The predicted molar refractivity (Wildman–Crippen MR) is 72.2 cm³/mol. The van der Waals surface area contributed by atoms with E-state index < -0.39 is 5.54 Å². The second kappa shape index (κ2) is 6.05. The lowest BCUT2D eigenvalue weighted by Crippen LogP contribution is -2.55. The van der Waals surface area contributed by atoms with Gasteiger partial charge in [0.25, 0.3) is 0 Å². The lowest BCUT2D eigenvalue weighted by atomic mass is 9.85. The van der Waals surface area contributed by atoms with Crippen LogP contribution in [0, 0.1) is 5.92 Å². The number of nitrogens with two attached hydrogens (primary N) is 1. The molecule has 0 aromatic rings. The van der Waals surface area contributed by atoms with Gasteiger partial charge in [-0.25, -0.2) is 0 Å². The van der Waals surface area contributed by atoms with Crippen molar-refractivity contribution in [2.75, 3.05) is 0 Å². The Morgan fingerprint density at radius 3 is 2.35 bits per heavy atom. The molecular weight excluding hydrogens is 236 g/mol. The van der Waals surface area contributed by atoms with Gasteiger partial charge in [-0.3, -0.25) is 4.79 Å². The molecule has 0 aromatic carbocycles. The van der Waals surface area contributed by atoms with E-state index in [1.54, 1.807) is 0 Å². The van der Waals surface area contributed by atoms with E-state index in [0.29, 0.717) is 12.0 Å². The summed E-state index contributed by atoms with van der Waals surface area (Å²) in [6.07, 6.45) is 8.84. The summed E-state index contributed by atoms with van der Waals surface area (Å²) >= 11 is 0. The fourth-order valence-corrected chi connectivity index (χ4v) is 3.08. The smallest absolute Gasteiger partial charge is 0.240 e. The largest absolute Gasteiger partial charge is 0.352 e. The fourth-order valence-electron chi connectivity index (χ4n) is 3.08. The van der Waals surface area contributed by atoms with Crippen LogP contribution >= 0.6 is 12.4 Å². The van der Waals surface area contributed by atoms with Crippen LogP contribution in [0.4, 0.5) is 0 Å². The first kappa shape index (κ1) is 14.8.